The maximum atomic E-state index is 9.10. The van der Waals surface area contributed by atoms with E-state index in [1.54, 1.807) is 0 Å². The van der Waals surface area contributed by atoms with Gasteiger partial charge >= 0.3 is 63.3 Å². The second kappa shape index (κ2) is 8.08. The summed E-state index contributed by atoms with van der Waals surface area (Å²) < 4.78 is 0. The van der Waals surface area contributed by atoms with Gasteiger partial charge in [0.05, 0.1) is 0 Å². The van der Waals surface area contributed by atoms with Crippen molar-refractivity contribution in [3.8, 4) is 0 Å². The van der Waals surface area contributed by atoms with Gasteiger partial charge in [-0.3, -0.25) is 0 Å². The third-order valence-electron chi connectivity index (χ3n) is 0.183. The molecule has 0 rings (SSSR count). The van der Waals surface area contributed by atoms with E-state index in [1.165, 1.54) is 0 Å². The third-order valence-corrected chi connectivity index (χ3v) is 0.183. The Morgan fingerprint density at radius 3 is 1.12 bits per heavy atom. The summed E-state index contributed by atoms with van der Waals surface area (Å²) in [4.78, 5) is 18.2. The van der Waals surface area contributed by atoms with Crippen molar-refractivity contribution in [1.29, 1.82) is 0 Å². The number of aliphatic carboxylic acids is 2. The van der Waals surface area contributed by atoms with E-state index < -0.39 is 11.9 Å². The molecule has 0 bridgehead atoms. The van der Waals surface area contributed by atoms with E-state index in [2.05, 4.69) is 0 Å². The van der Waals surface area contributed by atoms with Crippen molar-refractivity contribution < 1.29 is 36.6 Å². The summed E-state index contributed by atoms with van der Waals surface area (Å²) in [6.45, 7) is 0. The normalized spacial score (nSPS) is 5.50. The third kappa shape index (κ3) is 10.1. The van der Waals surface area contributed by atoms with Crippen LogP contribution in [0.4, 0.5) is 0 Å². The Bertz CT molecular complexity index is 80.0. The predicted octanol–water partition coefficient (Wildman–Crippen LogP) is -1.50. The van der Waals surface area contributed by atoms with Crippen molar-refractivity contribution in [2.75, 3.05) is 0 Å². The number of hydrogen-bond donors (Lipinski definition) is 2. The quantitative estimate of drug-likeness (QED) is 0.359. The van der Waals surface area contributed by atoms with Gasteiger partial charge in [0.15, 0.2) is 0 Å². The average molecular weight is 189 g/mol. The predicted molar refractivity (Wildman–Crippen MR) is 22.4 cm³/mol. The molecule has 0 heterocycles. The Morgan fingerprint density at radius 1 is 1.00 bits per heavy atom. The fourth-order valence-corrected chi connectivity index (χ4v) is 0. The molecule has 6 heteroatoms. The van der Waals surface area contributed by atoms with Crippen LogP contribution in [0.1, 0.15) is 0 Å². The van der Waals surface area contributed by atoms with Crippen molar-refractivity contribution >= 4 is 63.3 Å². The van der Waals surface area contributed by atoms with E-state index in [1.807, 2.05) is 0 Å². The van der Waals surface area contributed by atoms with Gasteiger partial charge in [-0.15, -0.1) is 0 Å². The fourth-order valence-electron chi connectivity index (χ4n) is 0. The average Bonchev–Trinajstić information content (AvgIpc) is 1.36. The van der Waals surface area contributed by atoms with Crippen LogP contribution in [0.3, 0.4) is 0 Å². The minimum absolute atomic E-state index is 0. The first kappa shape index (κ1) is 16.0. The van der Waals surface area contributed by atoms with Crippen molar-refractivity contribution in [3.05, 3.63) is 0 Å². The fraction of sp³-hybridized carbons (Fsp3) is 0. The van der Waals surface area contributed by atoms with Crippen LogP contribution in [0.5, 0.6) is 0 Å². The van der Waals surface area contributed by atoms with Crippen LogP contribution in [0.15, 0.2) is 0 Å². The molecule has 2 N–H and O–H groups in total. The molecule has 0 spiro atoms. The zero-order valence-electron chi connectivity index (χ0n) is 3.04. The molecule has 0 aromatic heterocycles. The van der Waals surface area contributed by atoms with Crippen molar-refractivity contribution in [3.63, 3.8) is 0 Å². The van der Waals surface area contributed by atoms with Gasteiger partial charge in [-0.2, -0.15) is 0 Å². The second-order valence-electron chi connectivity index (χ2n) is 0.610. The van der Waals surface area contributed by atoms with Crippen LogP contribution in [-0.2, 0) is 26.4 Å². The van der Waals surface area contributed by atoms with Crippen LogP contribution in [-0.4, -0.2) is 73.5 Å². The first-order valence-corrected chi connectivity index (χ1v) is 1.11. The second-order valence-corrected chi connectivity index (χ2v) is 0.610. The van der Waals surface area contributed by atoms with Gasteiger partial charge in [-0.25, -0.2) is 9.59 Å². The van der Waals surface area contributed by atoms with E-state index in [-0.39, 0.29) is 68.2 Å². The van der Waals surface area contributed by atoms with Gasteiger partial charge in [-0.05, 0) is 0 Å². The summed E-state index contributed by atoms with van der Waals surface area (Å²) in [5.41, 5.74) is 0. The molecule has 0 unspecified atom stereocenters. The molecular weight excluding hydrogens is 186 g/mol. The van der Waals surface area contributed by atoms with Gasteiger partial charge in [0.25, 0.3) is 0 Å². The van der Waals surface area contributed by atoms with Gasteiger partial charge in [0.1, 0.15) is 0 Å². The van der Waals surface area contributed by atoms with Crippen LogP contribution >= 0.6 is 0 Å². The topological polar surface area (TPSA) is 74.6 Å². The number of rotatable bonds is 0. The molecule has 45 valence electrons. The molecule has 0 aliphatic carbocycles. The Morgan fingerprint density at radius 2 is 1.12 bits per heavy atom. The number of hydrogen-bond acceptors (Lipinski definition) is 2. The van der Waals surface area contributed by atoms with Crippen molar-refractivity contribution in [2.45, 2.75) is 0 Å². The van der Waals surface area contributed by atoms with E-state index in [4.69, 9.17) is 19.8 Å². The van der Waals surface area contributed by atoms with Crippen molar-refractivity contribution in [2.24, 2.45) is 0 Å². The summed E-state index contributed by atoms with van der Waals surface area (Å²) in [6, 6.07) is 0. The van der Waals surface area contributed by atoms with E-state index in [0.717, 1.165) is 0 Å². The van der Waals surface area contributed by atoms with Crippen LogP contribution in [0.25, 0.3) is 0 Å². The SMILES string of the molecule is O=C(O)C(=O)O.[Co].[KH]. The summed E-state index contributed by atoms with van der Waals surface area (Å²) in [6.07, 6.45) is 0. The molecule has 0 aliphatic heterocycles. The Balaban J connectivity index is -0.000000125. The monoisotopic (exact) mass is 189 g/mol. The molecule has 0 aromatic carbocycles. The van der Waals surface area contributed by atoms with Crippen molar-refractivity contribution in [1.82, 2.24) is 0 Å². The molecule has 0 fully saturated rings. The number of carboxylic acids is 2. The summed E-state index contributed by atoms with van der Waals surface area (Å²) in [5.74, 6) is -3.65. The van der Waals surface area contributed by atoms with Crippen LogP contribution in [0.2, 0.25) is 0 Å². The van der Waals surface area contributed by atoms with Crippen LogP contribution < -0.4 is 0 Å². The Labute approximate surface area is 98.3 Å². The molecule has 0 aromatic rings. The summed E-state index contributed by atoms with van der Waals surface area (Å²) in [7, 11) is 0. The molecule has 0 saturated carbocycles. The van der Waals surface area contributed by atoms with Gasteiger partial charge < -0.3 is 10.2 Å². The first-order valence-electron chi connectivity index (χ1n) is 1.11. The molecule has 0 aliphatic rings. The molecule has 4 nitrogen and oxygen atoms in total. The minimum atomic E-state index is -1.82. The summed E-state index contributed by atoms with van der Waals surface area (Å²) in [5, 5.41) is 14.8. The van der Waals surface area contributed by atoms with E-state index in [0.29, 0.717) is 0 Å². The Kier molecular flexibility index (Phi) is 16.2. The van der Waals surface area contributed by atoms with E-state index >= 15 is 0 Å². The Hall–Kier alpha value is 1.08. The summed E-state index contributed by atoms with van der Waals surface area (Å²) >= 11 is 0. The molecule has 0 atom stereocenters. The maximum absolute atomic E-state index is 9.10. The molecular formula is C2H3CoKO4. The molecule has 1 radical (unpaired) electrons. The zero-order chi connectivity index (χ0) is 5.15. The molecule has 0 saturated heterocycles. The van der Waals surface area contributed by atoms with Gasteiger partial charge in [-0.1, -0.05) is 0 Å². The standard InChI is InChI=1S/C2H2O4.Co.K.H/c3-1(4)2(5)6;;;/h(H,3,4)(H,5,6);;;. The van der Waals surface area contributed by atoms with E-state index in [9.17, 15) is 0 Å². The van der Waals surface area contributed by atoms with Crippen LogP contribution in [0, 0.1) is 0 Å². The zero-order valence-corrected chi connectivity index (χ0v) is 4.09. The number of carbonyl (C=O) groups is 2. The molecule has 8 heavy (non-hydrogen) atoms. The van der Waals surface area contributed by atoms with Gasteiger partial charge in [0.2, 0.25) is 0 Å². The van der Waals surface area contributed by atoms with Gasteiger partial charge in [0, 0.05) is 16.8 Å². The first-order chi connectivity index (χ1) is 2.64. The molecule has 0 amide bonds. The number of carboxylic acid groups (broad SMARTS) is 2.